The molecule has 1 aromatic rings. The molecule has 0 unspecified atom stereocenters. The number of anilines is 1. The molecule has 0 fully saturated rings. The van der Waals surface area contributed by atoms with E-state index in [0.29, 0.717) is 0 Å². The van der Waals surface area contributed by atoms with Gasteiger partial charge in [-0.25, -0.2) is 9.97 Å². The van der Waals surface area contributed by atoms with Gasteiger partial charge in [-0.15, -0.1) is 0 Å². The first-order chi connectivity index (χ1) is 7.18. The van der Waals surface area contributed by atoms with Gasteiger partial charge in [0.2, 0.25) is 5.95 Å². The maximum Gasteiger partial charge on any atom is 0.222 e. The summed E-state index contributed by atoms with van der Waals surface area (Å²) >= 11 is 2.20. The molecule has 0 aliphatic carbocycles. The molecule has 0 radical (unpaired) electrons. The lowest BCUT2D eigenvalue weighted by Gasteiger charge is -2.05. The van der Waals surface area contributed by atoms with E-state index in [4.69, 9.17) is 0 Å². The summed E-state index contributed by atoms with van der Waals surface area (Å²) in [5.41, 5.74) is 0. The van der Waals surface area contributed by atoms with Crippen molar-refractivity contribution in [2.75, 3.05) is 11.9 Å². The predicted octanol–water partition coefficient (Wildman–Crippen LogP) is 3.32. The van der Waals surface area contributed by atoms with Crippen LogP contribution < -0.4 is 5.32 Å². The molecule has 0 amide bonds. The highest BCUT2D eigenvalue weighted by Gasteiger charge is 1.96. The van der Waals surface area contributed by atoms with Gasteiger partial charge in [-0.05, 0) is 34.9 Å². The van der Waals surface area contributed by atoms with Crippen molar-refractivity contribution in [1.82, 2.24) is 9.97 Å². The van der Waals surface area contributed by atoms with E-state index in [1.165, 1.54) is 19.3 Å². The van der Waals surface area contributed by atoms with Crippen LogP contribution in [0.4, 0.5) is 5.95 Å². The van der Waals surface area contributed by atoms with Crippen LogP contribution in [0.3, 0.4) is 0 Å². The van der Waals surface area contributed by atoms with E-state index < -0.39 is 0 Å². The average molecular weight is 319 g/mol. The molecule has 0 atom stereocenters. The van der Waals surface area contributed by atoms with Crippen molar-refractivity contribution in [3.8, 4) is 0 Å². The molecule has 0 aliphatic heterocycles. The van der Waals surface area contributed by atoms with Gasteiger partial charge in [0.05, 0.1) is 0 Å². The second kappa shape index (κ2) is 6.98. The van der Waals surface area contributed by atoms with Gasteiger partial charge in [-0.1, -0.05) is 26.7 Å². The van der Waals surface area contributed by atoms with Crippen LogP contribution in [0.15, 0.2) is 12.4 Å². The third-order valence-electron chi connectivity index (χ3n) is 2.11. The third kappa shape index (κ3) is 5.92. The van der Waals surface area contributed by atoms with Gasteiger partial charge >= 0.3 is 0 Å². The molecule has 0 saturated heterocycles. The van der Waals surface area contributed by atoms with Crippen molar-refractivity contribution >= 4 is 28.5 Å². The maximum atomic E-state index is 4.18. The lowest BCUT2D eigenvalue weighted by Crippen LogP contribution is -2.05. The van der Waals surface area contributed by atoms with Crippen LogP contribution in [0.2, 0.25) is 0 Å². The van der Waals surface area contributed by atoms with E-state index in [2.05, 4.69) is 51.7 Å². The smallest absolute Gasteiger partial charge is 0.222 e. The Morgan fingerprint density at radius 1 is 1.27 bits per heavy atom. The normalized spacial score (nSPS) is 10.7. The zero-order valence-electron chi connectivity index (χ0n) is 9.33. The molecule has 1 rings (SSSR count). The van der Waals surface area contributed by atoms with E-state index in [1.807, 2.05) is 12.4 Å². The van der Waals surface area contributed by atoms with Crippen molar-refractivity contribution in [3.05, 3.63) is 16.0 Å². The van der Waals surface area contributed by atoms with E-state index in [1.54, 1.807) is 0 Å². The maximum absolute atomic E-state index is 4.18. The highest BCUT2D eigenvalue weighted by Crippen LogP contribution is 2.07. The summed E-state index contributed by atoms with van der Waals surface area (Å²) in [6, 6.07) is 0. The van der Waals surface area contributed by atoms with Crippen molar-refractivity contribution in [2.45, 2.75) is 33.1 Å². The van der Waals surface area contributed by atoms with Gasteiger partial charge in [0, 0.05) is 22.5 Å². The van der Waals surface area contributed by atoms with E-state index in [-0.39, 0.29) is 0 Å². The predicted molar refractivity (Wildman–Crippen MR) is 71.9 cm³/mol. The fourth-order valence-electron chi connectivity index (χ4n) is 1.28. The summed E-state index contributed by atoms with van der Waals surface area (Å²) in [4.78, 5) is 8.36. The number of nitrogens with zero attached hydrogens (tertiary/aromatic N) is 2. The second-order valence-electron chi connectivity index (χ2n) is 4.04. The zero-order valence-corrected chi connectivity index (χ0v) is 11.5. The third-order valence-corrected chi connectivity index (χ3v) is 2.67. The summed E-state index contributed by atoms with van der Waals surface area (Å²) < 4.78 is 1.07. The van der Waals surface area contributed by atoms with Crippen molar-refractivity contribution in [3.63, 3.8) is 0 Å². The molecule has 1 heterocycles. The lowest BCUT2D eigenvalue weighted by molar-refractivity contribution is 0.544. The SMILES string of the molecule is CC(C)CCCCNc1ncc(I)cn1. The minimum absolute atomic E-state index is 0.736. The molecule has 1 N–H and O–H groups in total. The Kier molecular flexibility index (Phi) is 5.90. The van der Waals surface area contributed by atoms with Crippen LogP contribution in [0.25, 0.3) is 0 Å². The van der Waals surface area contributed by atoms with Gasteiger partial charge in [-0.2, -0.15) is 0 Å². The van der Waals surface area contributed by atoms with Gasteiger partial charge in [0.15, 0.2) is 0 Å². The first-order valence-corrected chi connectivity index (χ1v) is 6.48. The summed E-state index contributed by atoms with van der Waals surface area (Å²) in [6.07, 6.45) is 7.41. The number of halogens is 1. The monoisotopic (exact) mass is 319 g/mol. The minimum atomic E-state index is 0.736. The average Bonchev–Trinajstić information content (AvgIpc) is 2.20. The van der Waals surface area contributed by atoms with Gasteiger partial charge in [0.1, 0.15) is 0 Å². The largest absolute Gasteiger partial charge is 0.354 e. The number of unbranched alkanes of at least 4 members (excludes halogenated alkanes) is 1. The standard InChI is InChI=1S/C11H18IN3/c1-9(2)5-3-4-6-13-11-14-7-10(12)8-15-11/h7-9H,3-6H2,1-2H3,(H,13,14,15). The van der Waals surface area contributed by atoms with Gasteiger partial charge in [-0.3, -0.25) is 0 Å². The molecule has 4 heteroatoms. The zero-order chi connectivity index (χ0) is 11.1. The van der Waals surface area contributed by atoms with Gasteiger partial charge in [0.25, 0.3) is 0 Å². The first-order valence-electron chi connectivity index (χ1n) is 5.40. The van der Waals surface area contributed by atoms with Crippen LogP contribution in [0.5, 0.6) is 0 Å². The quantitative estimate of drug-likeness (QED) is 0.646. The molecular formula is C11H18IN3. The van der Waals surface area contributed by atoms with Gasteiger partial charge < -0.3 is 5.32 Å². The number of hydrogen-bond donors (Lipinski definition) is 1. The molecule has 0 saturated carbocycles. The van der Waals surface area contributed by atoms with E-state index in [9.17, 15) is 0 Å². The van der Waals surface area contributed by atoms with Crippen LogP contribution in [0.1, 0.15) is 33.1 Å². The lowest BCUT2D eigenvalue weighted by atomic mass is 10.1. The van der Waals surface area contributed by atoms with Crippen LogP contribution >= 0.6 is 22.6 Å². The Morgan fingerprint density at radius 3 is 2.53 bits per heavy atom. The Hall–Kier alpha value is -0.390. The molecule has 0 aromatic carbocycles. The van der Waals surface area contributed by atoms with Crippen LogP contribution in [-0.4, -0.2) is 16.5 Å². The van der Waals surface area contributed by atoms with Crippen LogP contribution in [-0.2, 0) is 0 Å². The highest BCUT2D eigenvalue weighted by molar-refractivity contribution is 14.1. The number of hydrogen-bond acceptors (Lipinski definition) is 3. The minimum Gasteiger partial charge on any atom is -0.354 e. The summed E-state index contributed by atoms with van der Waals surface area (Å²) in [5.74, 6) is 1.54. The van der Waals surface area contributed by atoms with Crippen molar-refractivity contribution < 1.29 is 0 Å². The fraction of sp³-hybridized carbons (Fsp3) is 0.636. The molecular weight excluding hydrogens is 301 g/mol. The molecule has 15 heavy (non-hydrogen) atoms. The Morgan fingerprint density at radius 2 is 1.93 bits per heavy atom. The highest BCUT2D eigenvalue weighted by atomic mass is 127. The van der Waals surface area contributed by atoms with Crippen LogP contribution in [0, 0.1) is 9.49 Å². The summed E-state index contributed by atoms with van der Waals surface area (Å²) in [7, 11) is 0. The fourth-order valence-corrected chi connectivity index (χ4v) is 1.56. The molecule has 3 nitrogen and oxygen atoms in total. The molecule has 0 aliphatic rings. The molecule has 84 valence electrons. The van der Waals surface area contributed by atoms with Crippen molar-refractivity contribution in [1.29, 1.82) is 0 Å². The number of aromatic nitrogens is 2. The molecule has 0 spiro atoms. The second-order valence-corrected chi connectivity index (χ2v) is 5.29. The number of nitrogens with one attached hydrogen (secondary N) is 1. The Labute approximate surface area is 105 Å². The Balaban J connectivity index is 2.12. The molecule has 0 bridgehead atoms. The summed E-state index contributed by atoms with van der Waals surface area (Å²) in [6.45, 7) is 5.48. The first kappa shape index (κ1) is 12.7. The molecule has 1 aromatic heterocycles. The number of rotatable bonds is 6. The van der Waals surface area contributed by atoms with E-state index in [0.717, 1.165) is 22.0 Å². The van der Waals surface area contributed by atoms with Crippen molar-refractivity contribution in [2.24, 2.45) is 5.92 Å². The Bertz CT molecular complexity index is 272. The van der Waals surface area contributed by atoms with E-state index >= 15 is 0 Å². The topological polar surface area (TPSA) is 37.8 Å². The summed E-state index contributed by atoms with van der Waals surface area (Å²) in [5, 5.41) is 3.22.